The molecule has 0 aromatic heterocycles. The van der Waals surface area contributed by atoms with Crippen LogP contribution >= 0.6 is 0 Å². The maximum atomic E-state index is 11.3. The van der Waals surface area contributed by atoms with Gasteiger partial charge in [-0.3, -0.25) is 4.55 Å². The van der Waals surface area contributed by atoms with E-state index in [0.29, 0.717) is 12.2 Å². The molecular formula is C13H14N2O3S. The van der Waals surface area contributed by atoms with Gasteiger partial charge >= 0.3 is 0 Å². The molecule has 4 N–H and O–H groups in total. The zero-order valence-electron chi connectivity index (χ0n) is 10.1. The van der Waals surface area contributed by atoms with Gasteiger partial charge in [0.05, 0.1) is 5.69 Å². The molecule has 0 saturated carbocycles. The molecule has 0 aliphatic carbocycles. The third-order valence-corrected chi connectivity index (χ3v) is 3.50. The summed E-state index contributed by atoms with van der Waals surface area (Å²) in [6.45, 7) is 0.452. The SMILES string of the molecule is Nc1ccc(NCc2ccccc2)c(S(=O)(=O)O)c1. The molecule has 0 heterocycles. The largest absolute Gasteiger partial charge is 0.399 e. The number of hydrogen-bond acceptors (Lipinski definition) is 4. The highest BCUT2D eigenvalue weighted by atomic mass is 32.2. The predicted octanol–water partition coefficient (Wildman–Crippen LogP) is 2.13. The minimum atomic E-state index is -4.30. The monoisotopic (exact) mass is 278 g/mol. The van der Waals surface area contributed by atoms with E-state index in [4.69, 9.17) is 10.3 Å². The zero-order valence-corrected chi connectivity index (χ0v) is 10.9. The van der Waals surface area contributed by atoms with Crippen molar-refractivity contribution in [1.29, 1.82) is 0 Å². The Bertz CT molecular complexity index is 670. The summed E-state index contributed by atoms with van der Waals surface area (Å²) in [6.07, 6.45) is 0. The Kier molecular flexibility index (Phi) is 3.73. The van der Waals surface area contributed by atoms with Crippen molar-refractivity contribution in [2.45, 2.75) is 11.4 Å². The van der Waals surface area contributed by atoms with E-state index >= 15 is 0 Å². The van der Waals surface area contributed by atoms with Crippen LogP contribution in [-0.2, 0) is 16.7 Å². The lowest BCUT2D eigenvalue weighted by molar-refractivity contribution is 0.483. The minimum Gasteiger partial charge on any atom is -0.399 e. The van der Waals surface area contributed by atoms with Crippen molar-refractivity contribution in [2.75, 3.05) is 11.1 Å². The molecule has 0 radical (unpaired) electrons. The number of anilines is 2. The lowest BCUT2D eigenvalue weighted by Gasteiger charge is -2.11. The van der Waals surface area contributed by atoms with Crippen LogP contribution in [0.1, 0.15) is 5.56 Å². The van der Waals surface area contributed by atoms with Gasteiger partial charge in [-0.15, -0.1) is 0 Å². The van der Waals surface area contributed by atoms with E-state index in [9.17, 15) is 8.42 Å². The quantitative estimate of drug-likeness (QED) is 0.588. The fourth-order valence-electron chi connectivity index (χ4n) is 1.69. The first-order valence-corrected chi connectivity index (χ1v) is 7.05. The molecule has 0 spiro atoms. The van der Waals surface area contributed by atoms with E-state index in [2.05, 4.69) is 5.32 Å². The summed E-state index contributed by atoms with van der Waals surface area (Å²) < 4.78 is 31.7. The smallest absolute Gasteiger partial charge is 0.296 e. The number of nitrogens with one attached hydrogen (secondary N) is 1. The molecule has 0 aliphatic heterocycles. The van der Waals surface area contributed by atoms with E-state index in [1.807, 2.05) is 30.3 Å². The van der Waals surface area contributed by atoms with Crippen molar-refractivity contribution in [2.24, 2.45) is 0 Å². The Hall–Kier alpha value is -2.05. The molecule has 0 unspecified atom stereocenters. The molecule has 5 nitrogen and oxygen atoms in total. The molecule has 19 heavy (non-hydrogen) atoms. The Labute approximate surface area is 111 Å². The molecule has 2 aromatic rings. The van der Waals surface area contributed by atoms with Crippen LogP contribution in [-0.4, -0.2) is 13.0 Å². The first-order chi connectivity index (χ1) is 8.97. The van der Waals surface area contributed by atoms with Gasteiger partial charge in [-0.1, -0.05) is 30.3 Å². The number of nitrogens with two attached hydrogens (primary N) is 1. The molecule has 0 atom stereocenters. The lowest BCUT2D eigenvalue weighted by Crippen LogP contribution is -2.07. The Morgan fingerprint density at radius 3 is 2.42 bits per heavy atom. The summed E-state index contributed by atoms with van der Waals surface area (Å²) in [5.41, 5.74) is 7.12. The summed E-state index contributed by atoms with van der Waals surface area (Å²) in [5, 5.41) is 2.97. The molecule has 0 saturated heterocycles. The first-order valence-electron chi connectivity index (χ1n) is 5.61. The van der Waals surface area contributed by atoms with Crippen molar-refractivity contribution in [3.63, 3.8) is 0 Å². The number of rotatable bonds is 4. The zero-order chi connectivity index (χ0) is 13.9. The molecule has 0 aliphatic rings. The Balaban J connectivity index is 2.26. The van der Waals surface area contributed by atoms with Gasteiger partial charge < -0.3 is 11.1 Å². The summed E-state index contributed by atoms with van der Waals surface area (Å²) in [5.74, 6) is 0. The van der Waals surface area contributed by atoms with Crippen LogP contribution in [0.5, 0.6) is 0 Å². The van der Waals surface area contributed by atoms with Crippen LogP contribution < -0.4 is 11.1 Å². The fourth-order valence-corrected chi connectivity index (χ4v) is 2.39. The molecular weight excluding hydrogens is 264 g/mol. The molecule has 100 valence electrons. The second kappa shape index (κ2) is 5.29. The summed E-state index contributed by atoms with van der Waals surface area (Å²) in [6, 6.07) is 13.8. The topological polar surface area (TPSA) is 92.4 Å². The average molecular weight is 278 g/mol. The molecule has 2 rings (SSSR count). The predicted molar refractivity (Wildman–Crippen MR) is 74.4 cm³/mol. The van der Waals surface area contributed by atoms with Crippen molar-refractivity contribution in [3.8, 4) is 0 Å². The summed E-state index contributed by atoms with van der Waals surface area (Å²) in [4.78, 5) is -0.219. The third kappa shape index (κ3) is 3.46. The fraction of sp³-hybridized carbons (Fsp3) is 0.0769. The van der Waals surface area contributed by atoms with Crippen LogP contribution in [0.2, 0.25) is 0 Å². The van der Waals surface area contributed by atoms with E-state index in [1.165, 1.54) is 12.1 Å². The highest BCUT2D eigenvalue weighted by Crippen LogP contribution is 2.24. The van der Waals surface area contributed by atoms with Crippen molar-refractivity contribution < 1.29 is 13.0 Å². The van der Waals surface area contributed by atoms with Crippen LogP contribution in [0.25, 0.3) is 0 Å². The maximum Gasteiger partial charge on any atom is 0.296 e. The molecule has 0 fully saturated rings. The maximum absolute atomic E-state index is 11.3. The highest BCUT2D eigenvalue weighted by Gasteiger charge is 2.15. The van der Waals surface area contributed by atoms with Gasteiger partial charge in [-0.2, -0.15) is 8.42 Å². The van der Waals surface area contributed by atoms with Crippen molar-refractivity contribution in [1.82, 2.24) is 0 Å². The lowest BCUT2D eigenvalue weighted by atomic mass is 10.2. The minimum absolute atomic E-state index is 0.219. The Morgan fingerprint density at radius 1 is 1.11 bits per heavy atom. The van der Waals surface area contributed by atoms with E-state index in [-0.39, 0.29) is 10.6 Å². The number of nitrogen functional groups attached to an aromatic ring is 1. The van der Waals surface area contributed by atoms with Gasteiger partial charge in [0, 0.05) is 12.2 Å². The van der Waals surface area contributed by atoms with Gasteiger partial charge in [0.25, 0.3) is 10.1 Å². The third-order valence-electron chi connectivity index (χ3n) is 2.61. The normalized spacial score (nSPS) is 11.2. The van der Waals surface area contributed by atoms with Gasteiger partial charge in [-0.05, 0) is 23.8 Å². The van der Waals surface area contributed by atoms with Gasteiger partial charge in [0.2, 0.25) is 0 Å². The Morgan fingerprint density at radius 2 is 1.79 bits per heavy atom. The average Bonchev–Trinajstić information content (AvgIpc) is 2.37. The van der Waals surface area contributed by atoms with Crippen LogP contribution in [0.3, 0.4) is 0 Å². The second-order valence-electron chi connectivity index (χ2n) is 4.07. The van der Waals surface area contributed by atoms with E-state index in [1.54, 1.807) is 6.07 Å². The van der Waals surface area contributed by atoms with Gasteiger partial charge in [0.15, 0.2) is 0 Å². The molecule has 6 heteroatoms. The molecule has 0 bridgehead atoms. The molecule has 2 aromatic carbocycles. The number of hydrogen-bond donors (Lipinski definition) is 3. The first kappa shape index (κ1) is 13.4. The van der Waals surface area contributed by atoms with E-state index in [0.717, 1.165) is 5.56 Å². The van der Waals surface area contributed by atoms with Crippen LogP contribution in [0.15, 0.2) is 53.4 Å². The van der Waals surface area contributed by atoms with Gasteiger partial charge in [-0.25, -0.2) is 0 Å². The van der Waals surface area contributed by atoms with Crippen molar-refractivity contribution >= 4 is 21.5 Å². The second-order valence-corrected chi connectivity index (χ2v) is 5.46. The summed E-state index contributed by atoms with van der Waals surface area (Å²) >= 11 is 0. The van der Waals surface area contributed by atoms with Crippen molar-refractivity contribution in [3.05, 3.63) is 54.1 Å². The van der Waals surface area contributed by atoms with Gasteiger partial charge in [0.1, 0.15) is 4.90 Å². The van der Waals surface area contributed by atoms with E-state index < -0.39 is 10.1 Å². The van der Waals surface area contributed by atoms with Crippen LogP contribution in [0.4, 0.5) is 11.4 Å². The highest BCUT2D eigenvalue weighted by molar-refractivity contribution is 7.86. The standard InChI is InChI=1S/C13H14N2O3S/c14-11-6-7-12(13(8-11)19(16,17)18)15-9-10-4-2-1-3-5-10/h1-8,15H,9,14H2,(H,16,17,18). The number of benzene rings is 2. The molecule has 0 amide bonds. The summed E-state index contributed by atoms with van der Waals surface area (Å²) in [7, 11) is -4.30. The van der Waals surface area contributed by atoms with Crippen LogP contribution in [0, 0.1) is 0 Å².